The molecule has 0 spiro atoms. The molecule has 0 bridgehead atoms. The molecule has 0 N–H and O–H groups in total. The van der Waals surface area contributed by atoms with Gasteiger partial charge in [-0.15, -0.1) is 0 Å². The Morgan fingerprint density at radius 2 is 1.59 bits per heavy atom. The van der Waals surface area contributed by atoms with Crippen molar-refractivity contribution in [2.24, 2.45) is 0 Å². The van der Waals surface area contributed by atoms with E-state index >= 15 is 0 Å². The smallest absolute Gasteiger partial charge is 0.289 e. The number of benzene rings is 2. The van der Waals surface area contributed by atoms with E-state index in [4.69, 9.17) is 4.42 Å². The van der Waals surface area contributed by atoms with E-state index in [9.17, 15) is 4.79 Å². The van der Waals surface area contributed by atoms with Crippen molar-refractivity contribution in [1.82, 2.24) is 4.90 Å². The number of furan rings is 1. The van der Waals surface area contributed by atoms with Crippen LogP contribution >= 0.6 is 0 Å². The fourth-order valence-corrected chi connectivity index (χ4v) is 2.37. The van der Waals surface area contributed by atoms with Crippen LogP contribution in [0.3, 0.4) is 0 Å². The molecule has 22 heavy (non-hydrogen) atoms. The highest BCUT2D eigenvalue weighted by molar-refractivity contribution is 5.91. The molecule has 3 nitrogen and oxygen atoms in total. The average Bonchev–Trinajstić information content (AvgIpc) is 3.10. The molecule has 0 fully saturated rings. The molecule has 0 unspecified atom stereocenters. The Bertz CT molecular complexity index is 731. The van der Waals surface area contributed by atoms with Crippen LogP contribution in [0.15, 0.2) is 77.4 Å². The van der Waals surface area contributed by atoms with Gasteiger partial charge in [-0.2, -0.15) is 0 Å². The van der Waals surface area contributed by atoms with Gasteiger partial charge in [-0.3, -0.25) is 4.79 Å². The van der Waals surface area contributed by atoms with Crippen molar-refractivity contribution < 1.29 is 9.21 Å². The van der Waals surface area contributed by atoms with E-state index in [1.54, 1.807) is 24.1 Å². The predicted molar refractivity (Wildman–Crippen MR) is 86.4 cm³/mol. The summed E-state index contributed by atoms with van der Waals surface area (Å²) in [5, 5.41) is 0. The first-order chi connectivity index (χ1) is 10.7. The molecule has 0 saturated heterocycles. The van der Waals surface area contributed by atoms with Gasteiger partial charge in [0.1, 0.15) is 0 Å². The number of rotatable bonds is 4. The molecule has 1 aromatic heterocycles. The minimum atomic E-state index is -0.114. The Kier molecular flexibility index (Phi) is 4.05. The second-order valence-corrected chi connectivity index (χ2v) is 5.20. The zero-order chi connectivity index (χ0) is 15.4. The summed E-state index contributed by atoms with van der Waals surface area (Å²) in [5.74, 6) is 0.251. The quantitative estimate of drug-likeness (QED) is 0.721. The molecule has 2 aromatic carbocycles. The Balaban J connectivity index is 1.70. The molecule has 110 valence electrons. The molecular formula is C19H17NO2. The number of nitrogens with zero attached hydrogens (tertiary/aromatic N) is 1. The van der Waals surface area contributed by atoms with Crippen LogP contribution < -0.4 is 0 Å². The third-order valence-electron chi connectivity index (χ3n) is 3.56. The minimum Gasteiger partial charge on any atom is -0.459 e. The second kappa shape index (κ2) is 6.31. The monoisotopic (exact) mass is 291 g/mol. The van der Waals surface area contributed by atoms with Gasteiger partial charge in [0.05, 0.1) is 6.26 Å². The number of carbonyl (C=O) groups excluding carboxylic acids is 1. The van der Waals surface area contributed by atoms with Crippen molar-refractivity contribution >= 4 is 5.91 Å². The van der Waals surface area contributed by atoms with Gasteiger partial charge < -0.3 is 9.32 Å². The van der Waals surface area contributed by atoms with E-state index < -0.39 is 0 Å². The molecule has 1 heterocycles. The standard InChI is InChI=1S/C19H17NO2/c1-20(19(21)18-8-5-13-22-18)14-15-9-11-17(12-10-15)16-6-3-2-4-7-16/h2-13H,14H2,1H3. The Hall–Kier alpha value is -2.81. The zero-order valence-electron chi connectivity index (χ0n) is 12.4. The van der Waals surface area contributed by atoms with E-state index in [0.29, 0.717) is 12.3 Å². The second-order valence-electron chi connectivity index (χ2n) is 5.20. The molecule has 0 saturated carbocycles. The highest BCUT2D eigenvalue weighted by Gasteiger charge is 2.14. The summed E-state index contributed by atoms with van der Waals surface area (Å²) in [5.41, 5.74) is 3.44. The summed E-state index contributed by atoms with van der Waals surface area (Å²) in [6.07, 6.45) is 1.51. The maximum absolute atomic E-state index is 12.1. The molecule has 3 heteroatoms. The van der Waals surface area contributed by atoms with Gasteiger partial charge in [-0.25, -0.2) is 0 Å². The summed E-state index contributed by atoms with van der Waals surface area (Å²) in [7, 11) is 1.77. The summed E-state index contributed by atoms with van der Waals surface area (Å²) in [6, 6.07) is 21.9. The maximum atomic E-state index is 12.1. The fourth-order valence-electron chi connectivity index (χ4n) is 2.37. The summed E-state index contributed by atoms with van der Waals surface area (Å²) in [4.78, 5) is 13.8. The molecule has 1 amide bonds. The third kappa shape index (κ3) is 3.09. The van der Waals surface area contributed by atoms with Crippen LogP contribution in [0.5, 0.6) is 0 Å². The Morgan fingerprint density at radius 3 is 2.23 bits per heavy atom. The fraction of sp³-hybridized carbons (Fsp3) is 0.105. The summed E-state index contributed by atoms with van der Waals surface area (Å²) < 4.78 is 5.14. The maximum Gasteiger partial charge on any atom is 0.289 e. The normalized spacial score (nSPS) is 10.4. The Labute approximate surface area is 129 Å². The first kappa shape index (κ1) is 14.1. The molecular weight excluding hydrogens is 274 g/mol. The van der Waals surface area contributed by atoms with Gasteiger partial charge in [-0.05, 0) is 28.8 Å². The molecule has 3 rings (SSSR count). The van der Waals surface area contributed by atoms with Crippen LogP contribution in [0.4, 0.5) is 0 Å². The van der Waals surface area contributed by atoms with Crippen LogP contribution in [-0.2, 0) is 6.54 Å². The highest BCUT2D eigenvalue weighted by atomic mass is 16.3. The molecule has 0 aliphatic carbocycles. The van der Waals surface area contributed by atoms with Crippen LogP contribution in [0, 0.1) is 0 Å². The SMILES string of the molecule is CN(Cc1ccc(-c2ccccc2)cc1)C(=O)c1ccco1. The van der Waals surface area contributed by atoms with Crippen molar-refractivity contribution in [3.8, 4) is 11.1 Å². The molecule has 0 aliphatic heterocycles. The van der Waals surface area contributed by atoms with Crippen molar-refractivity contribution in [3.05, 3.63) is 84.3 Å². The van der Waals surface area contributed by atoms with E-state index in [-0.39, 0.29) is 5.91 Å². The van der Waals surface area contributed by atoms with Crippen LogP contribution in [0.2, 0.25) is 0 Å². The average molecular weight is 291 g/mol. The zero-order valence-corrected chi connectivity index (χ0v) is 12.4. The third-order valence-corrected chi connectivity index (χ3v) is 3.56. The first-order valence-electron chi connectivity index (χ1n) is 7.17. The van der Waals surface area contributed by atoms with E-state index in [1.165, 1.54) is 17.4 Å². The van der Waals surface area contributed by atoms with E-state index in [0.717, 1.165) is 5.56 Å². The summed E-state index contributed by atoms with van der Waals surface area (Å²) in [6.45, 7) is 0.550. The van der Waals surface area contributed by atoms with Gasteiger partial charge in [0, 0.05) is 13.6 Å². The number of carbonyl (C=O) groups is 1. The number of hydrogen-bond donors (Lipinski definition) is 0. The lowest BCUT2D eigenvalue weighted by molar-refractivity contribution is 0.0753. The molecule has 0 atom stereocenters. The van der Waals surface area contributed by atoms with Crippen molar-refractivity contribution in [3.63, 3.8) is 0 Å². The lowest BCUT2D eigenvalue weighted by atomic mass is 10.0. The van der Waals surface area contributed by atoms with Crippen molar-refractivity contribution in [1.29, 1.82) is 0 Å². The van der Waals surface area contributed by atoms with E-state index in [2.05, 4.69) is 24.3 Å². The van der Waals surface area contributed by atoms with Crippen molar-refractivity contribution in [2.45, 2.75) is 6.54 Å². The molecule has 0 aliphatic rings. The van der Waals surface area contributed by atoms with Gasteiger partial charge >= 0.3 is 0 Å². The highest BCUT2D eigenvalue weighted by Crippen LogP contribution is 2.20. The number of hydrogen-bond acceptors (Lipinski definition) is 2. The van der Waals surface area contributed by atoms with Gasteiger partial charge in [-0.1, -0.05) is 54.6 Å². The van der Waals surface area contributed by atoms with Crippen LogP contribution in [-0.4, -0.2) is 17.9 Å². The largest absolute Gasteiger partial charge is 0.459 e. The molecule has 0 radical (unpaired) electrons. The van der Waals surface area contributed by atoms with Crippen LogP contribution in [0.1, 0.15) is 16.1 Å². The van der Waals surface area contributed by atoms with Crippen molar-refractivity contribution in [2.75, 3.05) is 7.05 Å². The topological polar surface area (TPSA) is 33.5 Å². The number of amides is 1. The lowest BCUT2D eigenvalue weighted by Crippen LogP contribution is -2.25. The van der Waals surface area contributed by atoms with Gasteiger partial charge in [0.2, 0.25) is 0 Å². The van der Waals surface area contributed by atoms with Gasteiger partial charge in [0.15, 0.2) is 5.76 Å². The predicted octanol–water partition coefficient (Wildman–Crippen LogP) is 4.22. The van der Waals surface area contributed by atoms with Crippen LogP contribution in [0.25, 0.3) is 11.1 Å². The summed E-state index contributed by atoms with van der Waals surface area (Å²) >= 11 is 0. The minimum absolute atomic E-state index is 0.114. The van der Waals surface area contributed by atoms with Gasteiger partial charge in [0.25, 0.3) is 5.91 Å². The first-order valence-corrected chi connectivity index (χ1v) is 7.17. The lowest BCUT2D eigenvalue weighted by Gasteiger charge is -2.16. The van der Waals surface area contributed by atoms with E-state index in [1.807, 2.05) is 30.3 Å². The molecule has 3 aromatic rings. The Morgan fingerprint density at radius 1 is 0.909 bits per heavy atom.